The van der Waals surface area contributed by atoms with E-state index in [1.54, 1.807) is 30.5 Å². The van der Waals surface area contributed by atoms with Crippen LogP contribution in [0.5, 0.6) is 11.8 Å². The van der Waals surface area contributed by atoms with Crippen molar-refractivity contribution in [1.29, 1.82) is 0 Å². The number of hydrogen-bond acceptors (Lipinski definition) is 7. The van der Waals surface area contributed by atoms with Crippen LogP contribution in [0.25, 0.3) is 0 Å². The minimum atomic E-state index is -2.60. The molecule has 1 aliphatic carbocycles. The zero-order valence-corrected chi connectivity index (χ0v) is 18.9. The monoisotopic (exact) mass is 495 g/mol. The predicted molar refractivity (Wildman–Crippen MR) is 120 cm³/mol. The van der Waals surface area contributed by atoms with Gasteiger partial charge in [-0.25, -0.2) is 13.5 Å². The second-order valence-electron chi connectivity index (χ2n) is 8.26. The highest BCUT2D eigenvalue weighted by molar-refractivity contribution is 6.30. The minimum Gasteiger partial charge on any atom is -0.424 e. The lowest BCUT2D eigenvalue weighted by molar-refractivity contribution is 0.118. The third-order valence-corrected chi connectivity index (χ3v) is 6.48. The van der Waals surface area contributed by atoms with Crippen molar-refractivity contribution in [2.45, 2.75) is 31.9 Å². The molecule has 0 spiro atoms. The lowest BCUT2D eigenvalue weighted by Crippen LogP contribution is -2.48. The van der Waals surface area contributed by atoms with Gasteiger partial charge in [-0.05, 0) is 42.9 Å². The van der Waals surface area contributed by atoms with Gasteiger partial charge >= 0.3 is 6.01 Å². The highest BCUT2D eigenvalue weighted by atomic mass is 35.5. The molecule has 0 amide bonds. The van der Waals surface area contributed by atoms with E-state index in [0.717, 1.165) is 36.3 Å². The lowest BCUT2D eigenvalue weighted by Gasteiger charge is -2.39. The topological polar surface area (TPSA) is 81.0 Å². The molecule has 2 aromatic heterocycles. The molecule has 1 N–H and O–H groups in total. The van der Waals surface area contributed by atoms with Gasteiger partial charge in [0.05, 0.1) is 11.9 Å². The molecule has 2 bridgehead atoms. The van der Waals surface area contributed by atoms with Crippen molar-refractivity contribution in [2.24, 2.45) is 11.8 Å². The average molecular weight is 496 g/mol. The van der Waals surface area contributed by atoms with Crippen molar-refractivity contribution in [3.63, 3.8) is 0 Å². The normalized spacial score (nSPS) is 22.1. The molecule has 1 aliphatic heterocycles. The van der Waals surface area contributed by atoms with Gasteiger partial charge in [-0.15, -0.1) is 10.2 Å². The molecule has 3 aromatic rings. The first kappa shape index (κ1) is 22.1. The number of halogens is 4. The Morgan fingerprint density at radius 1 is 1.15 bits per heavy atom. The van der Waals surface area contributed by atoms with Crippen molar-refractivity contribution in [3.05, 3.63) is 46.7 Å². The number of benzene rings is 1. The molecule has 0 unspecified atom stereocenters. The smallest absolute Gasteiger partial charge is 0.322 e. The molecule has 1 saturated carbocycles. The van der Waals surface area contributed by atoms with E-state index in [1.165, 1.54) is 0 Å². The molecule has 8 nitrogen and oxygen atoms in total. The summed E-state index contributed by atoms with van der Waals surface area (Å²) in [5.74, 6) is 1.36. The first-order valence-electron chi connectivity index (χ1n) is 10.6. The molecule has 3 heterocycles. The van der Waals surface area contributed by atoms with Crippen molar-refractivity contribution in [2.75, 3.05) is 23.3 Å². The van der Waals surface area contributed by atoms with Gasteiger partial charge in [0.25, 0.3) is 6.43 Å². The molecule has 174 valence electrons. The average Bonchev–Trinajstić information content (AvgIpc) is 3.22. The summed E-state index contributed by atoms with van der Waals surface area (Å²) in [5.41, 5.74) is 0.946. The molecule has 2 atom stereocenters. The summed E-state index contributed by atoms with van der Waals surface area (Å²) in [4.78, 5) is 6.62. The van der Waals surface area contributed by atoms with Gasteiger partial charge < -0.3 is 15.0 Å². The van der Waals surface area contributed by atoms with Gasteiger partial charge in [-0.2, -0.15) is 10.1 Å². The maximum absolute atomic E-state index is 13.1. The van der Waals surface area contributed by atoms with Gasteiger partial charge in [0.15, 0.2) is 5.15 Å². The van der Waals surface area contributed by atoms with Crippen LogP contribution in [0.15, 0.2) is 36.5 Å². The summed E-state index contributed by atoms with van der Waals surface area (Å²) in [5, 5.41) is 16.2. The van der Waals surface area contributed by atoms with Crippen LogP contribution in [-0.4, -0.2) is 50.5 Å². The Morgan fingerprint density at radius 3 is 2.64 bits per heavy atom. The van der Waals surface area contributed by atoms with Crippen molar-refractivity contribution in [3.8, 4) is 11.8 Å². The Labute approximate surface area is 198 Å². The van der Waals surface area contributed by atoms with Crippen molar-refractivity contribution < 1.29 is 13.5 Å². The summed E-state index contributed by atoms with van der Waals surface area (Å²) in [6, 6.07) is 8.61. The number of alkyl halides is 2. The van der Waals surface area contributed by atoms with Gasteiger partial charge in [-0.1, -0.05) is 29.3 Å². The Morgan fingerprint density at radius 2 is 1.94 bits per heavy atom. The summed E-state index contributed by atoms with van der Waals surface area (Å²) in [7, 11) is 0. The predicted octanol–water partition coefficient (Wildman–Crippen LogP) is 4.76. The Bertz CT molecular complexity index is 1120. The molecule has 1 saturated heterocycles. The van der Waals surface area contributed by atoms with E-state index >= 15 is 0 Å². The molecule has 2 aliphatic rings. The second kappa shape index (κ2) is 9.26. The standard InChI is InChI=1S/C21H21Cl2F2N7O/c22-14-2-1-3-16(6-14)33-21-28-20(30-32(21)11-18(24)25)27-19-12-4-5-13(19)10-31(9-12)15-7-17(23)29-26-8-15/h1-3,6-8,12-13,18-19H,4-5,9-11H2,(H,27,30)/t12-,13-/m0/s1. The molecule has 2 fully saturated rings. The van der Waals surface area contributed by atoms with E-state index in [0.29, 0.717) is 27.8 Å². The molecule has 12 heteroatoms. The summed E-state index contributed by atoms with van der Waals surface area (Å²) >= 11 is 12.0. The number of anilines is 2. The van der Waals surface area contributed by atoms with Crippen LogP contribution >= 0.6 is 23.2 Å². The highest BCUT2D eigenvalue weighted by Gasteiger charge is 2.42. The van der Waals surface area contributed by atoms with E-state index in [2.05, 4.69) is 30.5 Å². The van der Waals surface area contributed by atoms with E-state index in [9.17, 15) is 8.78 Å². The third kappa shape index (κ3) is 4.96. The third-order valence-electron chi connectivity index (χ3n) is 6.06. The number of aromatic nitrogens is 5. The molecular weight excluding hydrogens is 475 g/mol. The van der Waals surface area contributed by atoms with Gasteiger partial charge in [0.2, 0.25) is 5.95 Å². The fourth-order valence-corrected chi connectivity index (χ4v) is 5.01. The lowest BCUT2D eigenvalue weighted by atomic mass is 9.92. The summed E-state index contributed by atoms with van der Waals surface area (Å²) in [6.07, 6.45) is 1.22. The van der Waals surface area contributed by atoms with E-state index in [4.69, 9.17) is 27.9 Å². The van der Waals surface area contributed by atoms with Crippen molar-refractivity contribution in [1.82, 2.24) is 25.0 Å². The summed E-state index contributed by atoms with van der Waals surface area (Å²) in [6.45, 7) is 1.02. The van der Waals surface area contributed by atoms with Crippen LogP contribution in [0.1, 0.15) is 12.8 Å². The Kier molecular flexibility index (Phi) is 6.20. The zero-order chi connectivity index (χ0) is 22.9. The van der Waals surface area contributed by atoms with Gasteiger partial charge in [0.1, 0.15) is 12.3 Å². The second-order valence-corrected chi connectivity index (χ2v) is 9.08. The number of fused-ring (bicyclic) bond motifs is 2. The van der Waals surface area contributed by atoms with Crippen LogP contribution in [0, 0.1) is 11.8 Å². The van der Waals surface area contributed by atoms with Gasteiger partial charge in [-0.3, -0.25) is 0 Å². The van der Waals surface area contributed by atoms with E-state index < -0.39 is 13.0 Å². The fourth-order valence-electron chi connectivity index (χ4n) is 4.67. The number of nitrogens with zero attached hydrogens (tertiary/aromatic N) is 6. The molecule has 5 rings (SSSR count). The first-order chi connectivity index (χ1) is 15.9. The maximum Gasteiger partial charge on any atom is 0.322 e. The van der Waals surface area contributed by atoms with Crippen LogP contribution in [0.2, 0.25) is 10.2 Å². The minimum absolute atomic E-state index is 0.0117. The van der Waals surface area contributed by atoms with Crippen LogP contribution in [0.4, 0.5) is 20.4 Å². The largest absolute Gasteiger partial charge is 0.424 e. The molecule has 33 heavy (non-hydrogen) atoms. The number of hydrogen-bond donors (Lipinski definition) is 1. The maximum atomic E-state index is 13.1. The number of rotatable bonds is 7. The highest BCUT2D eigenvalue weighted by Crippen LogP contribution is 2.40. The first-order valence-corrected chi connectivity index (χ1v) is 11.4. The molecule has 1 aromatic carbocycles. The van der Waals surface area contributed by atoms with Crippen LogP contribution in [-0.2, 0) is 6.54 Å². The van der Waals surface area contributed by atoms with E-state index in [-0.39, 0.29) is 18.0 Å². The molecular formula is C21H21Cl2F2N7O. The van der Waals surface area contributed by atoms with Crippen LogP contribution < -0.4 is 15.0 Å². The van der Waals surface area contributed by atoms with Gasteiger partial charge in [0, 0.05) is 30.2 Å². The van der Waals surface area contributed by atoms with Crippen LogP contribution in [0.3, 0.4) is 0 Å². The Hall–Kier alpha value is -2.72. The number of ether oxygens (including phenoxy) is 1. The summed E-state index contributed by atoms with van der Waals surface area (Å²) < 4.78 is 33.0. The fraction of sp³-hybridized carbons (Fsp3) is 0.429. The number of piperidine rings is 1. The quantitative estimate of drug-likeness (QED) is 0.505. The number of nitrogens with one attached hydrogen (secondary N) is 1. The van der Waals surface area contributed by atoms with Crippen molar-refractivity contribution >= 4 is 34.8 Å². The zero-order valence-electron chi connectivity index (χ0n) is 17.4. The SMILES string of the molecule is FC(F)Cn1nc(NC2[C@H]3CC[C@H]2CN(c2cnnc(Cl)c2)C3)nc1Oc1cccc(Cl)c1. The Balaban J connectivity index is 1.32. The molecule has 0 radical (unpaired) electrons. The van der Waals surface area contributed by atoms with E-state index in [1.807, 2.05) is 6.07 Å².